The van der Waals surface area contributed by atoms with E-state index in [-0.39, 0.29) is 11.6 Å². The predicted molar refractivity (Wildman–Crippen MR) is 98.1 cm³/mol. The van der Waals surface area contributed by atoms with E-state index in [1.165, 1.54) is 0 Å². The molecular weight excluding hydrogens is 332 g/mol. The Morgan fingerprint density at radius 3 is 2.85 bits per heavy atom. The van der Waals surface area contributed by atoms with Gasteiger partial charge >= 0.3 is 5.69 Å². The molecule has 0 aliphatic carbocycles. The van der Waals surface area contributed by atoms with Crippen LogP contribution in [0.1, 0.15) is 42.3 Å². The van der Waals surface area contributed by atoms with Crippen molar-refractivity contribution in [3.63, 3.8) is 0 Å². The second-order valence-corrected chi connectivity index (χ2v) is 6.63. The highest BCUT2D eigenvalue weighted by molar-refractivity contribution is 5.92. The van der Waals surface area contributed by atoms with E-state index < -0.39 is 5.69 Å². The summed E-state index contributed by atoms with van der Waals surface area (Å²) in [5.41, 5.74) is 1.96. The maximum Gasteiger partial charge on any atom is 0.345 e. The SMILES string of the molecule is CC(C)Cc1cc(C(=O)NCCCc2nc3ccccc3o2)nc(=O)[nH]1. The number of carbonyl (C=O) groups excluding carboxylic acids is 1. The summed E-state index contributed by atoms with van der Waals surface area (Å²) in [6, 6.07) is 9.23. The van der Waals surface area contributed by atoms with Crippen LogP contribution in [0.25, 0.3) is 11.1 Å². The average molecular weight is 354 g/mol. The van der Waals surface area contributed by atoms with E-state index >= 15 is 0 Å². The van der Waals surface area contributed by atoms with E-state index in [0.29, 0.717) is 37.6 Å². The molecule has 0 atom stereocenters. The molecule has 0 fully saturated rings. The standard InChI is InChI=1S/C19H22N4O3/c1-12(2)10-13-11-15(23-19(25)21-13)18(24)20-9-5-8-17-22-14-6-3-4-7-16(14)26-17/h3-4,6-7,11-12H,5,8-10H2,1-2H3,(H,20,24)(H,21,23,25). The topological polar surface area (TPSA) is 101 Å². The zero-order valence-electron chi connectivity index (χ0n) is 14.9. The Bertz CT molecular complexity index is 926. The number of aromatic nitrogens is 3. The van der Waals surface area contributed by atoms with Gasteiger partial charge in [-0.3, -0.25) is 4.79 Å². The number of rotatable bonds is 7. The van der Waals surface area contributed by atoms with E-state index in [1.54, 1.807) is 6.07 Å². The van der Waals surface area contributed by atoms with Crippen LogP contribution in [0.15, 0.2) is 39.5 Å². The van der Waals surface area contributed by atoms with Crippen molar-refractivity contribution in [1.82, 2.24) is 20.3 Å². The minimum Gasteiger partial charge on any atom is -0.441 e. The molecule has 136 valence electrons. The quantitative estimate of drug-likeness (QED) is 0.635. The van der Waals surface area contributed by atoms with Gasteiger partial charge in [-0.25, -0.2) is 9.78 Å². The Labute approximate surface area is 150 Å². The highest BCUT2D eigenvalue weighted by atomic mass is 16.3. The molecule has 26 heavy (non-hydrogen) atoms. The van der Waals surface area contributed by atoms with Gasteiger partial charge in [-0.1, -0.05) is 26.0 Å². The molecule has 7 nitrogen and oxygen atoms in total. The van der Waals surface area contributed by atoms with Gasteiger partial charge in [0.05, 0.1) is 0 Å². The van der Waals surface area contributed by atoms with Gasteiger partial charge in [-0.05, 0) is 37.0 Å². The third-order valence-electron chi connectivity index (χ3n) is 3.85. The zero-order chi connectivity index (χ0) is 18.5. The van der Waals surface area contributed by atoms with Crippen LogP contribution in [0, 0.1) is 5.92 Å². The summed E-state index contributed by atoms with van der Waals surface area (Å²) in [7, 11) is 0. The summed E-state index contributed by atoms with van der Waals surface area (Å²) in [6.45, 7) is 4.54. The van der Waals surface area contributed by atoms with Gasteiger partial charge in [0.15, 0.2) is 11.5 Å². The minimum atomic E-state index is -0.500. The fraction of sp³-hybridized carbons (Fsp3) is 0.368. The molecule has 0 unspecified atom stereocenters. The number of hydrogen-bond donors (Lipinski definition) is 2. The van der Waals surface area contributed by atoms with Gasteiger partial charge in [0.25, 0.3) is 5.91 Å². The predicted octanol–water partition coefficient (Wildman–Crippen LogP) is 2.47. The highest BCUT2D eigenvalue weighted by Crippen LogP contribution is 2.15. The van der Waals surface area contributed by atoms with Crippen molar-refractivity contribution in [2.24, 2.45) is 5.92 Å². The Kier molecular flexibility index (Phi) is 5.46. The first-order valence-electron chi connectivity index (χ1n) is 8.74. The monoisotopic (exact) mass is 354 g/mol. The molecule has 7 heteroatoms. The molecule has 0 spiro atoms. The van der Waals surface area contributed by atoms with Crippen LogP contribution in [-0.4, -0.2) is 27.4 Å². The molecule has 0 bridgehead atoms. The summed E-state index contributed by atoms with van der Waals surface area (Å²) >= 11 is 0. The summed E-state index contributed by atoms with van der Waals surface area (Å²) in [5, 5.41) is 2.79. The normalized spacial score (nSPS) is 11.2. The number of aromatic amines is 1. The molecule has 0 saturated carbocycles. The lowest BCUT2D eigenvalue weighted by molar-refractivity contribution is 0.0947. The molecule has 0 saturated heterocycles. The Hall–Kier alpha value is -2.96. The van der Waals surface area contributed by atoms with Crippen LogP contribution in [-0.2, 0) is 12.8 Å². The smallest absolute Gasteiger partial charge is 0.345 e. The Balaban J connectivity index is 1.53. The number of fused-ring (bicyclic) bond motifs is 1. The fourth-order valence-electron chi connectivity index (χ4n) is 2.73. The summed E-state index contributed by atoms with van der Waals surface area (Å²) in [5.74, 6) is 0.674. The number of nitrogens with one attached hydrogen (secondary N) is 2. The molecule has 0 aliphatic heterocycles. The second kappa shape index (κ2) is 7.95. The van der Waals surface area contributed by atoms with Crippen LogP contribution in [0.4, 0.5) is 0 Å². The van der Waals surface area contributed by atoms with Crippen molar-refractivity contribution in [3.8, 4) is 0 Å². The van der Waals surface area contributed by atoms with Crippen LogP contribution >= 0.6 is 0 Å². The van der Waals surface area contributed by atoms with Crippen molar-refractivity contribution in [2.45, 2.75) is 33.1 Å². The molecule has 2 N–H and O–H groups in total. The first-order chi connectivity index (χ1) is 12.5. The van der Waals surface area contributed by atoms with E-state index in [9.17, 15) is 9.59 Å². The minimum absolute atomic E-state index is 0.145. The van der Waals surface area contributed by atoms with Gasteiger partial charge in [0.1, 0.15) is 11.2 Å². The number of para-hydroxylation sites is 2. The molecule has 0 aliphatic rings. The molecule has 0 radical (unpaired) electrons. The number of hydrogen-bond acceptors (Lipinski definition) is 5. The third-order valence-corrected chi connectivity index (χ3v) is 3.85. The summed E-state index contributed by atoms with van der Waals surface area (Å²) in [4.78, 5) is 34.7. The first kappa shape index (κ1) is 17.8. The van der Waals surface area contributed by atoms with Crippen LogP contribution in [0.3, 0.4) is 0 Å². The molecule has 2 aromatic heterocycles. The second-order valence-electron chi connectivity index (χ2n) is 6.63. The zero-order valence-corrected chi connectivity index (χ0v) is 14.9. The molecule has 2 heterocycles. The maximum atomic E-state index is 12.2. The number of amides is 1. The van der Waals surface area contributed by atoms with Crippen molar-refractivity contribution in [1.29, 1.82) is 0 Å². The Morgan fingerprint density at radius 2 is 2.08 bits per heavy atom. The van der Waals surface area contributed by atoms with Crippen LogP contribution in [0.5, 0.6) is 0 Å². The highest BCUT2D eigenvalue weighted by Gasteiger charge is 2.11. The summed E-state index contributed by atoms with van der Waals surface area (Å²) < 4.78 is 5.65. The average Bonchev–Trinajstić information content (AvgIpc) is 3.00. The number of oxazole rings is 1. The first-order valence-corrected chi connectivity index (χ1v) is 8.74. The number of H-pyrrole nitrogens is 1. The molecule has 1 aromatic carbocycles. The largest absolute Gasteiger partial charge is 0.441 e. The van der Waals surface area contributed by atoms with Crippen LogP contribution < -0.4 is 11.0 Å². The van der Waals surface area contributed by atoms with E-state index in [4.69, 9.17) is 4.42 Å². The maximum absolute atomic E-state index is 12.2. The van der Waals surface area contributed by atoms with Crippen molar-refractivity contribution in [3.05, 3.63) is 58.1 Å². The molecule has 1 amide bonds. The van der Waals surface area contributed by atoms with Gasteiger partial charge in [0.2, 0.25) is 0 Å². The van der Waals surface area contributed by atoms with E-state index in [2.05, 4.69) is 20.3 Å². The van der Waals surface area contributed by atoms with Gasteiger partial charge in [-0.2, -0.15) is 4.98 Å². The number of benzene rings is 1. The lowest BCUT2D eigenvalue weighted by atomic mass is 10.1. The number of nitrogens with zero attached hydrogens (tertiary/aromatic N) is 2. The number of carbonyl (C=O) groups is 1. The summed E-state index contributed by atoms with van der Waals surface area (Å²) in [6.07, 6.45) is 1.99. The fourth-order valence-corrected chi connectivity index (χ4v) is 2.73. The lowest BCUT2D eigenvalue weighted by Gasteiger charge is -2.07. The van der Waals surface area contributed by atoms with Gasteiger partial charge < -0.3 is 14.7 Å². The van der Waals surface area contributed by atoms with Crippen molar-refractivity contribution in [2.75, 3.05) is 6.54 Å². The van der Waals surface area contributed by atoms with E-state index in [0.717, 1.165) is 16.8 Å². The lowest BCUT2D eigenvalue weighted by Crippen LogP contribution is -2.29. The Morgan fingerprint density at radius 1 is 1.27 bits per heavy atom. The molecular formula is C19H22N4O3. The third kappa shape index (κ3) is 4.56. The number of aryl methyl sites for hydroxylation is 1. The van der Waals surface area contributed by atoms with Gasteiger partial charge in [0, 0.05) is 18.7 Å². The van der Waals surface area contributed by atoms with Gasteiger partial charge in [-0.15, -0.1) is 0 Å². The molecule has 3 aromatic rings. The van der Waals surface area contributed by atoms with Crippen molar-refractivity contribution < 1.29 is 9.21 Å². The van der Waals surface area contributed by atoms with Crippen molar-refractivity contribution >= 4 is 17.0 Å². The molecule has 3 rings (SSSR count). The van der Waals surface area contributed by atoms with Crippen LogP contribution in [0.2, 0.25) is 0 Å². The van der Waals surface area contributed by atoms with E-state index in [1.807, 2.05) is 38.1 Å².